The normalized spacial score (nSPS) is 20.5. The average molecular weight is 522 g/mol. The predicted molar refractivity (Wildman–Crippen MR) is 103 cm³/mol. The summed E-state index contributed by atoms with van der Waals surface area (Å²) < 4.78 is 31.9. The molecular weight excluding hydrogens is 506 g/mol. The molecule has 2 unspecified atom stereocenters. The molecule has 0 spiro atoms. The zero-order valence-corrected chi connectivity index (χ0v) is 18.6. The Morgan fingerprint density at radius 3 is 2.65 bits per heavy atom. The first kappa shape index (κ1) is 23.2. The fourth-order valence-corrected chi connectivity index (χ4v) is 4.95. The lowest BCUT2D eigenvalue weighted by molar-refractivity contribution is -0.301. The maximum atomic E-state index is 13.0. The Morgan fingerprint density at radius 1 is 1.42 bits per heavy atom. The average Bonchev–Trinajstić information content (AvgIpc) is 2.98. The van der Waals surface area contributed by atoms with Crippen LogP contribution in [0.1, 0.15) is 24.7 Å². The van der Waals surface area contributed by atoms with Crippen molar-refractivity contribution in [2.24, 2.45) is 0 Å². The fraction of sp³-hybridized carbons (Fsp3) is 0.471. The van der Waals surface area contributed by atoms with Crippen molar-refractivity contribution in [2.45, 2.75) is 38.2 Å². The Balaban J connectivity index is 1.70. The van der Waals surface area contributed by atoms with Crippen LogP contribution >= 0.6 is 27.7 Å². The quantitative estimate of drug-likeness (QED) is 0.387. The molecule has 3 rings (SSSR count). The number of β-lactam (4-membered cyclic amide) rings is 1. The predicted octanol–water partition coefficient (Wildman–Crippen LogP) is -0.141. The maximum absolute atomic E-state index is 13.0. The Kier molecular flexibility index (Phi) is 6.69. The molecule has 1 saturated heterocycles. The number of carbonyl (C=O) groups is 4. The maximum Gasteiger partial charge on any atom is 0.302 e. The molecule has 2 amide bonds. The van der Waals surface area contributed by atoms with Crippen molar-refractivity contribution in [1.29, 1.82) is 0 Å². The highest BCUT2D eigenvalue weighted by molar-refractivity contribution is 9.10. The molecule has 168 valence electrons. The third-order valence-electron chi connectivity index (χ3n) is 4.66. The van der Waals surface area contributed by atoms with Gasteiger partial charge >= 0.3 is 5.97 Å². The van der Waals surface area contributed by atoms with Gasteiger partial charge in [-0.3, -0.25) is 24.0 Å². The summed E-state index contributed by atoms with van der Waals surface area (Å²) in [5.74, 6) is -3.37. The van der Waals surface area contributed by atoms with E-state index in [0.717, 1.165) is 9.58 Å². The molecule has 1 fully saturated rings. The zero-order valence-electron chi connectivity index (χ0n) is 16.2. The molecule has 1 N–H and O–H groups in total. The number of amides is 2. The summed E-state index contributed by atoms with van der Waals surface area (Å²) in [6, 6.07) is -1.00. The van der Waals surface area contributed by atoms with Gasteiger partial charge < -0.3 is 20.0 Å². The number of rotatable bonds is 7. The summed E-state index contributed by atoms with van der Waals surface area (Å²) in [5.41, 5.74) is -0.348. The molecule has 31 heavy (non-hydrogen) atoms. The Morgan fingerprint density at radius 2 is 2.10 bits per heavy atom. The lowest BCUT2D eigenvalue weighted by Gasteiger charge is -2.50. The Hall–Kier alpha value is -2.48. The van der Waals surface area contributed by atoms with Crippen LogP contribution in [0, 0.1) is 6.92 Å². The van der Waals surface area contributed by atoms with E-state index in [1.807, 2.05) is 0 Å². The van der Waals surface area contributed by atoms with Gasteiger partial charge in [-0.05, 0) is 22.9 Å². The summed E-state index contributed by atoms with van der Waals surface area (Å²) in [6.07, 6.45) is -2.83. The van der Waals surface area contributed by atoms with Gasteiger partial charge in [0, 0.05) is 18.2 Å². The number of hydrogen-bond donors (Lipinski definition) is 1. The van der Waals surface area contributed by atoms with Gasteiger partial charge in [0.15, 0.2) is 0 Å². The number of ether oxygens (including phenoxy) is 1. The standard InChI is InChI=1S/C17H17BrF2N4O6S/c1-6-10(18)11(14(19)20)22-23(6)3-9(26)21-12-15(27)24-13(17(28)29)8(4-30-7(2)25)5-31-16(12)24/h12,14,16H,3-5H2,1-2H3,(H,21,26)(H,28,29)/p-1. The largest absolute Gasteiger partial charge is 0.543 e. The van der Waals surface area contributed by atoms with E-state index in [1.54, 1.807) is 0 Å². The van der Waals surface area contributed by atoms with Crippen LogP contribution in [0.2, 0.25) is 0 Å². The summed E-state index contributed by atoms with van der Waals surface area (Å²) in [4.78, 5) is 48.5. The lowest BCUT2D eigenvalue weighted by Crippen LogP contribution is -2.71. The van der Waals surface area contributed by atoms with Crippen molar-refractivity contribution < 1.29 is 37.8 Å². The Bertz CT molecular complexity index is 998. The van der Waals surface area contributed by atoms with Crippen molar-refractivity contribution in [1.82, 2.24) is 20.0 Å². The minimum Gasteiger partial charge on any atom is -0.543 e. The van der Waals surface area contributed by atoms with E-state index in [9.17, 15) is 33.1 Å². The van der Waals surface area contributed by atoms with Crippen molar-refractivity contribution in [3.8, 4) is 0 Å². The lowest BCUT2D eigenvalue weighted by atomic mass is 10.0. The van der Waals surface area contributed by atoms with Gasteiger partial charge in [0.25, 0.3) is 12.3 Å². The van der Waals surface area contributed by atoms with Gasteiger partial charge in [0.2, 0.25) is 5.91 Å². The summed E-state index contributed by atoms with van der Waals surface area (Å²) in [6.45, 7) is 1.98. The summed E-state index contributed by atoms with van der Waals surface area (Å²) >= 11 is 4.20. The number of aromatic nitrogens is 2. The number of carboxylic acids is 1. The molecule has 0 saturated carbocycles. The first-order valence-electron chi connectivity index (χ1n) is 8.84. The summed E-state index contributed by atoms with van der Waals surface area (Å²) in [7, 11) is 0. The second-order valence-electron chi connectivity index (χ2n) is 6.72. The van der Waals surface area contributed by atoms with Crippen LogP contribution in [0.15, 0.2) is 15.7 Å². The molecule has 14 heteroatoms. The van der Waals surface area contributed by atoms with Gasteiger partial charge in [0.05, 0.1) is 21.8 Å². The number of carbonyl (C=O) groups excluding carboxylic acids is 4. The van der Waals surface area contributed by atoms with E-state index in [1.165, 1.54) is 25.6 Å². The zero-order chi connectivity index (χ0) is 23.0. The smallest absolute Gasteiger partial charge is 0.302 e. The SMILES string of the molecule is CC(=O)OCC1=C(C(=O)[O-])N2C(=O)C(NC(=O)Cn3nc(C(F)F)c(Br)c3C)C2SC1. The number of alkyl halides is 2. The number of carboxylic acid groups (broad SMARTS) is 1. The number of nitrogens with one attached hydrogen (secondary N) is 1. The van der Waals surface area contributed by atoms with Crippen molar-refractivity contribution in [2.75, 3.05) is 12.4 Å². The van der Waals surface area contributed by atoms with E-state index >= 15 is 0 Å². The molecule has 10 nitrogen and oxygen atoms in total. The minimum atomic E-state index is -2.83. The monoisotopic (exact) mass is 521 g/mol. The van der Waals surface area contributed by atoms with Crippen LogP contribution in [0.4, 0.5) is 8.78 Å². The number of halogens is 3. The first-order chi connectivity index (χ1) is 14.5. The molecule has 3 heterocycles. The minimum absolute atomic E-state index is 0.0908. The molecule has 1 aromatic heterocycles. The van der Waals surface area contributed by atoms with Gasteiger partial charge in [-0.2, -0.15) is 5.10 Å². The van der Waals surface area contributed by atoms with Gasteiger partial charge in [0.1, 0.15) is 30.3 Å². The van der Waals surface area contributed by atoms with Crippen molar-refractivity contribution >= 4 is 51.4 Å². The number of nitrogens with zero attached hydrogens (tertiary/aromatic N) is 3. The first-order valence-corrected chi connectivity index (χ1v) is 10.7. The van der Waals surface area contributed by atoms with Crippen LogP contribution in [0.5, 0.6) is 0 Å². The highest BCUT2D eigenvalue weighted by atomic mass is 79.9. The molecule has 0 bridgehead atoms. The van der Waals surface area contributed by atoms with Crippen LogP contribution in [-0.2, 0) is 30.5 Å². The van der Waals surface area contributed by atoms with E-state index in [2.05, 4.69) is 26.3 Å². The van der Waals surface area contributed by atoms with Crippen LogP contribution in [0.3, 0.4) is 0 Å². The van der Waals surface area contributed by atoms with Crippen LogP contribution in [0.25, 0.3) is 0 Å². The van der Waals surface area contributed by atoms with Crippen LogP contribution in [-0.4, -0.2) is 62.2 Å². The van der Waals surface area contributed by atoms with Gasteiger partial charge in [-0.25, -0.2) is 8.78 Å². The molecule has 0 radical (unpaired) electrons. The molecule has 0 aliphatic carbocycles. The summed E-state index contributed by atoms with van der Waals surface area (Å²) in [5, 5.41) is 17.1. The second-order valence-corrected chi connectivity index (χ2v) is 8.62. The highest BCUT2D eigenvalue weighted by Crippen LogP contribution is 2.40. The fourth-order valence-electron chi connectivity index (χ4n) is 3.17. The van der Waals surface area contributed by atoms with E-state index < -0.39 is 53.8 Å². The number of hydrogen-bond acceptors (Lipinski definition) is 8. The molecule has 2 aliphatic heterocycles. The molecular formula is C17H16BrF2N4O6S-. The second kappa shape index (κ2) is 8.94. The van der Waals surface area contributed by atoms with E-state index in [4.69, 9.17) is 4.74 Å². The highest BCUT2D eigenvalue weighted by Gasteiger charge is 2.52. The topological polar surface area (TPSA) is 134 Å². The van der Waals surface area contributed by atoms with Crippen molar-refractivity contribution in [3.63, 3.8) is 0 Å². The third-order valence-corrected chi connectivity index (χ3v) is 6.98. The van der Waals surface area contributed by atoms with Crippen molar-refractivity contribution in [3.05, 3.63) is 27.1 Å². The molecule has 1 aromatic rings. The molecule has 2 atom stereocenters. The van der Waals surface area contributed by atoms with Gasteiger partial charge in [-0.1, -0.05) is 0 Å². The van der Waals surface area contributed by atoms with Crippen LogP contribution < -0.4 is 10.4 Å². The van der Waals surface area contributed by atoms with E-state index in [0.29, 0.717) is 5.69 Å². The van der Waals surface area contributed by atoms with E-state index in [-0.39, 0.29) is 28.1 Å². The number of esters is 1. The number of thioether (sulfide) groups is 1. The number of fused-ring (bicyclic) bond motifs is 1. The number of aliphatic carboxylic acids is 1. The van der Waals surface area contributed by atoms with Gasteiger partial charge in [-0.15, -0.1) is 11.8 Å². The molecule has 0 aromatic carbocycles. The Labute approximate surface area is 187 Å². The third kappa shape index (κ3) is 4.44. The molecule has 2 aliphatic rings.